The van der Waals surface area contributed by atoms with Gasteiger partial charge in [-0.3, -0.25) is 4.79 Å². The number of nitrogens with one attached hydrogen (secondary N) is 2. The Kier molecular flexibility index (Phi) is 3.02. The van der Waals surface area contributed by atoms with Crippen LogP contribution in [-0.2, 0) is 4.79 Å². The van der Waals surface area contributed by atoms with Crippen molar-refractivity contribution in [2.45, 2.75) is 25.9 Å². The lowest BCUT2D eigenvalue weighted by atomic mass is 10.2. The molecule has 0 aliphatic rings. The third-order valence-corrected chi connectivity index (χ3v) is 1.70. The van der Waals surface area contributed by atoms with Crippen molar-refractivity contribution in [1.82, 2.24) is 15.3 Å². The van der Waals surface area contributed by atoms with Crippen molar-refractivity contribution in [3.63, 3.8) is 0 Å². The van der Waals surface area contributed by atoms with Crippen molar-refractivity contribution in [1.29, 1.82) is 0 Å². The van der Waals surface area contributed by atoms with Gasteiger partial charge in [-0.1, -0.05) is 0 Å². The number of carbonyl (C=O) groups excluding carboxylic acids is 1. The molecule has 0 spiro atoms. The molecule has 72 valence electrons. The van der Waals surface area contributed by atoms with E-state index in [9.17, 15) is 4.79 Å². The van der Waals surface area contributed by atoms with Crippen molar-refractivity contribution in [3.8, 4) is 0 Å². The first kappa shape index (κ1) is 9.73. The molecule has 0 bridgehead atoms. The minimum absolute atomic E-state index is 0.131. The Morgan fingerprint density at radius 3 is 2.85 bits per heavy atom. The molecular weight excluding hydrogens is 168 g/mol. The Bertz CT molecular complexity index is 268. The predicted octanol–water partition coefficient (Wildman–Crippen LogP) is -0.0659. The Labute approximate surface area is 76.7 Å². The molecule has 1 aromatic heterocycles. The highest BCUT2D eigenvalue weighted by atomic mass is 16.2. The maximum atomic E-state index is 11.2. The lowest BCUT2D eigenvalue weighted by Crippen LogP contribution is -2.39. The number of aromatic amines is 1. The first-order chi connectivity index (χ1) is 6.11. The van der Waals surface area contributed by atoms with Gasteiger partial charge in [-0.2, -0.15) is 0 Å². The molecule has 13 heavy (non-hydrogen) atoms. The number of carbonyl (C=O) groups is 1. The third kappa shape index (κ3) is 2.55. The number of nitrogens with two attached hydrogens (primary N) is 1. The van der Waals surface area contributed by atoms with Gasteiger partial charge in [-0.25, -0.2) is 4.98 Å². The lowest BCUT2D eigenvalue weighted by Gasteiger charge is -2.12. The van der Waals surface area contributed by atoms with Crippen LogP contribution in [0.2, 0.25) is 0 Å². The van der Waals surface area contributed by atoms with Gasteiger partial charge in [0.15, 0.2) is 0 Å². The molecule has 5 heteroatoms. The van der Waals surface area contributed by atoms with Crippen LogP contribution in [0.3, 0.4) is 0 Å². The van der Waals surface area contributed by atoms with Gasteiger partial charge in [-0.05, 0) is 13.8 Å². The Morgan fingerprint density at radius 1 is 1.69 bits per heavy atom. The van der Waals surface area contributed by atoms with E-state index in [1.807, 2.05) is 6.92 Å². The van der Waals surface area contributed by atoms with Crippen LogP contribution in [0.4, 0.5) is 0 Å². The van der Waals surface area contributed by atoms with Gasteiger partial charge in [0.1, 0.15) is 5.82 Å². The van der Waals surface area contributed by atoms with E-state index in [0.29, 0.717) is 0 Å². The quantitative estimate of drug-likeness (QED) is 0.612. The van der Waals surface area contributed by atoms with E-state index in [-0.39, 0.29) is 11.9 Å². The standard InChI is InChI=1S/C8H14N4O/c1-5(9)8(13)12-6(2)7-10-3-4-11-7/h3-6H,9H2,1-2H3,(H,10,11)(H,12,13). The number of nitrogens with zero attached hydrogens (tertiary/aromatic N) is 1. The Morgan fingerprint density at radius 2 is 2.38 bits per heavy atom. The maximum Gasteiger partial charge on any atom is 0.237 e. The summed E-state index contributed by atoms with van der Waals surface area (Å²) in [6.45, 7) is 3.49. The number of hydrogen-bond donors (Lipinski definition) is 3. The topological polar surface area (TPSA) is 83.8 Å². The first-order valence-corrected chi connectivity index (χ1v) is 4.16. The van der Waals surface area contributed by atoms with Gasteiger partial charge in [0, 0.05) is 12.4 Å². The van der Waals surface area contributed by atoms with Crippen LogP contribution >= 0.6 is 0 Å². The first-order valence-electron chi connectivity index (χ1n) is 4.16. The van der Waals surface area contributed by atoms with E-state index in [0.717, 1.165) is 5.82 Å². The van der Waals surface area contributed by atoms with E-state index < -0.39 is 6.04 Å². The van der Waals surface area contributed by atoms with E-state index in [2.05, 4.69) is 15.3 Å². The maximum absolute atomic E-state index is 11.2. The van der Waals surface area contributed by atoms with Crippen molar-refractivity contribution >= 4 is 5.91 Å². The fourth-order valence-corrected chi connectivity index (χ4v) is 0.927. The highest BCUT2D eigenvalue weighted by Crippen LogP contribution is 2.04. The summed E-state index contributed by atoms with van der Waals surface area (Å²) < 4.78 is 0. The van der Waals surface area contributed by atoms with Crippen LogP contribution in [0.25, 0.3) is 0 Å². The van der Waals surface area contributed by atoms with Gasteiger partial charge in [0.25, 0.3) is 0 Å². The summed E-state index contributed by atoms with van der Waals surface area (Å²) in [6.07, 6.45) is 3.35. The predicted molar refractivity (Wildman–Crippen MR) is 48.8 cm³/mol. The highest BCUT2D eigenvalue weighted by molar-refractivity contribution is 5.81. The van der Waals surface area contributed by atoms with Crippen LogP contribution in [-0.4, -0.2) is 21.9 Å². The summed E-state index contributed by atoms with van der Waals surface area (Å²) in [7, 11) is 0. The molecule has 1 amide bonds. The second-order valence-electron chi connectivity index (χ2n) is 2.99. The minimum atomic E-state index is -0.489. The smallest absolute Gasteiger partial charge is 0.237 e. The molecule has 4 N–H and O–H groups in total. The summed E-state index contributed by atoms with van der Waals surface area (Å²) in [5, 5.41) is 2.72. The van der Waals surface area contributed by atoms with Gasteiger partial charge >= 0.3 is 0 Å². The van der Waals surface area contributed by atoms with Crippen LogP contribution in [0.15, 0.2) is 12.4 Å². The molecule has 0 radical (unpaired) electrons. The van der Waals surface area contributed by atoms with Crippen molar-refractivity contribution in [2.75, 3.05) is 0 Å². The molecule has 0 saturated carbocycles. The van der Waals surface area contributed by atoms with Gasteiger partial charge in [-0.15, -0.1) is 0 Å². The Hall–Kier alpha value is -1.36. The second-order valence-corrected chi connectivity index (χ2v) is 2.99. The van der Waals surface area contributed by atoms with Crippen molar-refractivity contribution in [3.05, 3.63) is 18.2 Å². The third-order valence-electron chi connectivity index (χ3n) is 1.70. The molecule has 1 heterocycles. The van der Waals surface area contributed by atoms with Crippen LogP contribution < -0.4 is 11.1 Å². The zero-order valence-corrected chi connectivity index (χ0v) is 7.74. The summed E-state index contributed by atoms with van der Waals surface area (Å²) in [5.74, 6) is 0.554. The molecule has 0 aliphatic heterocycles. The summed E-state index contributed by atoms with van der Waals surface area (Å²) in [6, 6.07) is -0.620. The van der Waals surface area contributed by atoms with Gasteiger partial charge in [0.2, 0.25) is 5.91 Å². The average molecular weight is 182 g/mol. The van der Waals surface area contributed by atoms with E-state index >= 15 is 0 Å². The fraction of sp³-hybridized carbons (Fsp3) is 0.500. The number of imidazole rings is 1. The van der Waals surface area contributed by atoms with E-state index in [1.54, 1.807) is 19.3 Å². The number of amides is 1. The van der Waals surface area contributed by atoms with Crippen LogP contribution in [0.5, 0.6) is 0 Å². The molecule has 2 atom stereocenters. The SMILES string of the molecule is CC(N)C(=O)NC(C)c1ncc[nH]1. The molecule has 2 unspecified atom stereocenters. The summed E-state index contributed by atoms with van der Waals surface area (Å²) in [4.78, 5) is 18.1. The van der Waals surface area contributed by atoms with Gasteiger partial charge < -0.3 is 16.0 Å². The van der Waals surface area contributed by atoms with E-state index in [4.69, 9.17) is 5.73 Å². The van der Waals surface area contributed by atoms with Crippen LogP contribution in [0.1, 0.15) is 25.7 Å². The zero-order valence-electron chi connectivity index (χ0n) is 7.74. The highest BCUT2D eigenvalue weighted by Gasteiger charge is 2.13. The molecule has 0 fully saturated rings. The minimum Gasteiger partial charge on any atom is -0.347 e. The van der Waals surface area contributed by atoms with Crippen LogP contribution in [0, 0.1) is 0 Å². The zero-order chi connectivity index (χ0) is 9.84. The van der Waals surface area contributed by atoms with Crippen molar-refractivity contribution in [2.24, 2.45) is 5.73 Å². The summed E-state index contributed by atoms with van der Waals surface area (Å²) >= 11 is 0. The second kappa shape index (κ2) is 4.04. The molecule has 1 rings (SSSR count). The Balaban J connectivity index is 2.51. The molecular formula is C8H14N4O. The lowest BCUT2D eigenvalue weighted by molar-refractivity contribution is -0.122. The fourth-order valence-electron chi connectivity index (χ4n) is 0.927. The molecule has 0 aliphatic carbocycles. The summed E-state index contributed by atoms with van der Waals surface area (Å²) in [5.41, 5.74) is 5.39. The van der Waals surface area contributed by atoms with Gasteiger partial charge in [0.05, 0.1) is 12.1 Å². The molecule has 5 nitrogen and oxygen atoms in total. The number of rotatable bonds is 3. The monoisotopic (exact) mass is 182 g/mol. The molecule has 1 aromatic rings. The molecule has 0 aromatic carbocycles. The van der Waals surface area contributed by atoms with E-state index in [1.165, 1.54) is 0 Å². The van der Waals surface area contributed by atoms with Crippen molar-refractivity contribution < 1.29 is 4.79 Å². The number of H-pyrrole nitrogens is 1. The number of aromatic nitrogens is 2. The largest absolute Gasteiger partial charge is 0.347 e. The molecule has 0 saturated heterocycles. The number of hydrogen-bond acceptors (Lipinski definition) is 3. The normalized spacial score (nSPS) is 15.0. The average Bonchev–Trinajstić information content (AvgIpc) is 2.55.